The molecular weight excluding hydrogens is 666 g/mol. The van der Waals surface area contributed by atoms with Crippen molar-refractivity contribution in [1.29, 1.82) is 0 Å². The van der Waals surface area contributed by atoms with Crippen LogP contribution in [0.2, 0.25) is 0 Å². The van der Waals surface area contributed by atoms with Crippen LogP contribution in [0.1, 0.15) is 83.5 Å². The van der Waals surface area contributed by atoms with Crippen LogP contribution in [0.25, 0.3) is 48.9 Å². The van der Waals surface area contributed by atoms with E-state index in [1.165, 1.54) is 20.7 Å². The highest BCUT2D eigenvalue weighted by atomic mass is 16.5. The molecule has 0 radical (unpaired) electrons. The highest BCUT2D eigenvalue weighted by Gasteiger charge is 2.31. The van der Waals surface area contributed by atoms with E-state index in [-0.39, 0.29) is 35.5 Å². The number of rotatable bonds is 14. The third kappa shape index (κ3) is 6.59. The maximum Gasteiger partial charge on any atom is 0.338 e. The first-order valence-electron chi connectivity index (χ1n) is 18.4. The summed E-state index contributed by atoms with van der Waals surface area (Å²) < 4.78 is 12.5. The van der Waals surface area contributed by atoms with E-state index in [1.807, 2.05) is 18.2 Å². The summed E-state index contributed by atoms with van der Waals surface area (Å²) in [4.78, 5) is 56.4. The third-order valence-corrected chi connectivity index (χ3v) is 10.3. The number of nitrogens with two attached hydrogens (primary N) is 1. The molecule has 1 aliphatic rings. The number of hydrogen-bond donors (Lipinski definition) is 1. The van der Waals surface area contributed by atoms with Crippen molar-refractivity contribution in [3.8, 4) is 5.69 Å². The predicted molar refractivity (Wildman–Crippen MR) is 207 cm³/mol. The summed E-state index contributed by atoms with van der Waals surface area (Å²) >= 11 is 0. The molecule has 1 aromatic heterocycles. The minimum atomic E-state index is -0.357. The van der Waals surface area contributed by atoms with Crippen molar-refractivity contribution in [3.63, 3.8) is 0 Å². The van der Waals surface area contributed by atoms with E-state index in [4.69, 9.17) is 15.2 Å². The first-order valence-corrected chi connectivity index (χ1v) is 18.4. The second-order valence-electron chi connectivity index (χ2n) is 13.9. The molecule has 53 heavy (non-hydrogen) atoms. The molecule has 0 atom stereocenters. The molecular formula is C44H39N3O6. The summed E-state index contributed by atoms with van der Waals surface area (Å²) in [5.74, 6) is -0.929. The number of fused-ring (bicyclic) bond motifs is 4. The smallest absolute Gasteiger partial charge is 0.338 e. The summed E-state index contributed by atoms with van der Waals surface area (Å²) in [5, 5.41) is 7.06. The molecule has 9 heteroatoms. The molecule has 1 aliphatic heterocycles. The highest BCUT2D eigenvalue weighted by molar-refractivity contribution is 6.26. The largest absolute Gasteiger partial charge is 0.465 e. The molecule has 6 aromatic carbocycles. The lowest BCUT2D eigenvalue weighted by molar-refractivity contribution is -0.142. The van der Waals surface area contributed by atoms with E-state index in [1.54, 1.807) is 36.4 Å². The average molecular weight is 706 g/mol. The molecule has 0 saturated heterocycles. The van der Waals surface area contributed by atoms with Gasteiger partial charge in [-0.3, -0.25) is 19.0 Å². The van der Waals surface area contributed by atoms with Crippen LogP contribution in [0.5, 0.6) is 0 Å². The van der Waals surface area contributed by atoms with Crippen LogP contribution in [0.3, 0.4) is 0 Å². The Balaban J connectivity index is 0.716. The summed E-state index contributed by atoms with van der Waals surface area (Å²) in [7, 11) is 0. The number of anilines is 1. The quantitative estimate of drug-likeness (QED) is 0.0516. The number of carbonyl (C=O) groups is 3. The molecule has 0 saturated carbocycles. The first-order chi connectivity index (χ1) is 25.9. The minimum Gasteiger partial charge on any atom is -0.465 e. The van der Waals surface area contributed by atoms with Gasteiger partial charge in [-0.15, -0.1) is 0 Å². The van der Waals surface area contributed by atoms with Crippen LogP contribution in [0.4, 0.5) is 5.69 Å². The number of benzene rings is 6. The molecule has 7 aromatic rings. The van der Waals surface area contributed by atoms with Gasteiger partial charge in [-0.1, -0.05) is 93.1 Å². The van der Waals surface area contributed by atoms with Crippen LogP contribution >= 0.6 is 0 Å². The number of unbranched alkanes of at least 4 members (excludes halogenated alkanes) is 7. The maximum atomic E-state index is 13.2. The van der Waals surface area contributed by atoms with Crippen molar-refractivity contribution in [2.24, 2.45) is 0 Å². The summed E-state index contributed by atoms with van der Waals surface area (Å²) in [6.45, 7) is 0.757. The third-order valence-electron chi connectivity index (χ3n) is 10.3. The van der Waals surface area contributed by atoms with Gasteiger partial charge in [-0.05, 0) is 87.1 Å². The van der Waals surface area contributed by atoms with E-state index in [2.05, 4.69) is 41.4 Å². The molecule has 0 amide bonds. The Morgan fingerprint density at radius 1 is 0.660 bits per heavy atom. The lowest BCUT2D eigenvalue weighted by Gasteiger charge is -2.13. The molecule has 266 valence electrons. The zero-order valence-electron chi connectivity index (χ0n) is 29.4. The van der Waals surface area contributed by atoms with Crippen LogP contribution in [-0.2, 0) is 20.7 Å². The predicted octanol–water partition coefficient (Wildman–Crippen LogP) is 8.47. The standard InChI is InChI=1S/C44H39N3O6/c45-31-17-20-36-34(26-31)43(50)47-37-21-12-27(24-35(37)41(49)42(47)46-36)25-38(48)52-22-7-5-3-1-2-4-6-8-23-53-44(51)33-19-16-30-14-13-28-10-9-11-29-15-18-32(33)40(30)39(28)29/h9-21,24,26H,1-8,22-23,25,45H2. The van der Waals surface area contributed by atoms with Crippen molar-refractivity contribution >= 4 is 66.6 Å². The molecule has 2 heterocycles. The second-order valence-corrected chi connectivity index (χ2v) is 13.9. The van der Waals surface area contributed by atoms with Crippen molar-refractivity contribution in [1.82, 2.24) is 9.55 Å². The number of aromatic nitrogens is 2. The Hall–Kier alpha value is -6.09. The van der Waals surface area contributed by atoms with Crippen LogP contribution in [0, 0.1) is 0 Å². The Bertz CT molecular complexity index is 2590. The molecule has 2 N–H and O–H groups in total. The van der Waals surface area contributed by atoms with Crippen molar-refractivity contribution in [3.05, 3.63) is 124 Å². The maximum absolute atomic E-state index is 13.2. The van der Waals surface area contributed by atoms with Gasteiger partial charge < -0.3 is 15.2 Å². The van der Waals surface area contributed by atoms with Gasteiger partial charge in [-0.25, -0.2) is 9.78 Å². The van der Waals surface area contributed by atoms with Gasteiger partial charge in [-0.2, -0.15) is 0 Å². The van der Waals surface area contributed by atoms with Crippen molar-refractivity contribution in [2.75, 3.05) is 18.9 Å². The summed E-state index contributed by atoms with van der Waals surface area (Å²) in [6.07, 6.45) is 7.97. The van der Waals surface area contributed by atoms with Crippen LogP contribution in [-0.4, -0.2) is 40.5 Å². The molecule has 0 bridgehead atoms. The van der Waals surface area contributed by atoms with E-state index in [0.29, 0.717) is 52.2 Å². The molecule has 0 unspecified atom stereocenters. The number of hydrogen-bond acceptors (Lipinski definition) is 8. The minimum absolute atomic E-state index is 0.0333. The number of esters is 2. The van der Waals surface area contributed by atoms with Crippen LogP contribution in [0.15, 0.2) is 95.8 Å². The van der Waals surface area contributed by atoms with Crippen molar-refractivity contribution in [2.45, 2.75) is 57.8 Å². The van der Waals surface area contributed by atoms with Gasteiger partial charge >= 0.3 is 11.9 Å². The molecule has 9 nitrogen and oxygen atoms in total. The Morgan fingerprint density at radius 2 is 1.32 bits per heavy atom. The second kappa shape index (κ2) is 14.5. The molecule has 0 spiro atoms. The Kier molecular flexibility index (Phi) is 9.31. The van der Waals surface area contributed by atoms with Crippen LogP contribution < -0.4 is 11.3 Å². The fourth-order valence-electron chi connectivity index (χ4n) is 7.59. The van der Waals surface area contributed by atoms with Gasteiger partial charge in [0.1, 0.15) is 0 Å². The molecule has 0 aliphatic carbocycles. The fraction of sp³-hybridized carbons (Fsp3) is 0.250. The Morgan fingerprint density at radius 3 is 2.08 bits per heavy atom. The van der Waals surface area contributed by atoms with Gasteiger partial charge in [0.05, 0.1) is 47.4 Å². The number of nitrogens with zero attached hydrogens (tertiary/aromatic N) is 2. The number of ether oxygens (including phenoxy) is 2. The van der Waals surface area contributed by atoms with E-state index in [9.17, 15) is 19.2 Å². The highest BCUT2D eigenvalue weighted by Crippen LogP contribution is 2.36. The zero-order valence-corrected chi connectivity index (χ0v) is 29.4. The van der Waals surface area contributed by atoms with Gasteiger partial charge in [0.15, 0.2) is 5.82 Å². The average Bonchev–Trinajstić information content (AvgIpc) is 3.44. The van der Waals surface area contributed by atoms with E-state index in [0.717, 1.165) is 67.5 Å². The Labute approximate surface area is 305 Å². The topological polar surface area (TPSA) is 131 Å². The first kappa shape index (κ1) is 34.0. The SMILES string of the molecule is Nc1ccc2nc3n(c(=O)c2c1)-c1ccc(CC(=O)OCCCCCCCCCCOC(=O)c2ccc4ccc5cccc6ccc2c4c56)cc1C3=O. The van der Waals surface area contributed by atoms with Gasteiger partial charge in [0, 0.05) is 5.69 Å². The van der Waals surface area contributed by atoms with Crippen molar-refractivity contribution < 1.29 is 23.9 Å². The number of carbonyl (C=O) groups excluding carboxylic acids is 3. The van der Waals surface area contributed by atoms with E-state index < -0.39 is 0 Å². The normalized spacial score (nSPS) is 12.2. The number of ketones is 1. The van der Waals surface area contributed by atoms with E-state index >= 15 is 0 Å². The summed E-state index contributed by atoms with van der Waals surface area (Å²) in [6, 6.07) is 28.4. The molecule has 0 fully saturated rings. The van der Waals surface area contributed by atoms with Gasteiger partial charge in [0.2, 0.25) is 5.78 Å². The lowest BCUT2D eigenvalue weighted by atomic mass is 9.92. The number of nitrogen functional groups attached to an aromatic ring is 1. The monoisotopic (exact) mass is 705 g/mol. The lowest BCUT2D eigenvalue weighted by Crippen LogP contribution is -2.21. The van der Waals surface area contributed by atoms with Gasteiger partial charge in [0.25, 0.3) is 5.56 Å². The zero-order chi connectivity index (χ0) is 36.5. The summed E-state index contributed by atoms with van der Waals surface area (Å²) in [5.41, 5.74) is 8.40. The fourth-order valence-corrected chi connectivity index (χ4v) is 7.59. The molecule has 8 rings (SSSR count).